The average molecular weight is 253 g/mol. The molecule has 0 unspecified atom stereocenters. The Labute approximate surface area is 113 Å². The highest BCUT2D eigenvalue weighted by molar-refractivity contribution is 6.05. The fourth-order valence-corrected chi connectivity index (χ4v) is 4.06. The molecule has 1 heterocycles. The van der Waals surface area contributed by atoms with Crippen molar-refractivity contribution in [1.29, 1.82) is 0 Å². The van der Waals surface area contributed by atoms with Gasteiger partial charge in [0.2, 0.25) is 0 Å². The van der Waals surface area contributed by atoms with Crippen LogP contribution in [0, 0.1) is 5.92 Å². The molecule has 1 aliphatic heterocycles. The number of ketones is 1. The van der Waals surface area contributed by atoms with Crippen molar-refractivity contribution in [3.05, 3.63) is 41.0 Å². The fraction of sp³-hybridized carbons (Fsp3) is 0.471. The summed E-state index contributed by atoms with van der Waals surface area (Å²) in [5, 5.41) is 3.64. The smallest absolute Gasteiger partial charge is 0.170 e. The van der Waals surface area contributed by atoms with Crippen molar-refractivity contribution in [2.24, 2.45) is 5.92 Å². The third kappa shape index (κ3) is 1.66. The Bertz CT molecular complexity index is 564. The van der Waals surface area contributed by atoms with Crippen LogP contribution >= 0.6 is 0 Å². The van der Waals surface area contributed by atoms with Crippen molar-refractivity contribution >= 4 is 11.5 Å². The number of para-hydroxylation sites is 1. The van der Waals surface area contributed by atoms with E-state index in [1.165, 1.54) is 25.7 Å². The van der Waals surface area contributed by atoms with E-state index in [1.807, 2.05) is 24.3 Å². The lowest BCUT2D eigenvalue weighted by Gasteiger charge is -2.30. The molecule has 98 valence electrons. The summed E-state index contributed by atoms with van der Waals surface area (Å²) in [6.07, 6.45) is 7.34. The van der Waals surface area contributed by atoms with Gasteiger partial charge in [0.15, 0.2) is 5.78 Å². The molecule has 2 atom stereocenters. The van der Waals surface area contributed by atoms with E-state index in [0.717, 1.165) is 24.1 Å². The number of fused-ring (bicyclic) bond motifs is 2. The van der Waals surface area contributed by atoms with Crippen LogP contribution in [0.25, 0.3) is 0 Å². The molecule has 1 N–H and O–H groups in total. The molecule has 2 fully saturated rings. The van der Waals surface area contributed by atoms with Gasteiger partial charge in [-0.15, -0.1) is 0 Å². The van der Waals surface area contributed by atoms with Crippen LogP contribution in [0.5, 0.6) is 0 Å². The lowest BCUT2D eigenvalue weighted by Crippen LogP contribution is -2.36. The van der Waals surface area contributed by atoms with Crippen LogP contribution in [0.1, 0.15) is 48.9 Å². The minimum absolute atomic E-state index is 0.179. The number of hydrogen-bond donors (Lipinski definition) is 1. The summed E-state index contributed by atoms with van der Waals surface area (Å²) < 4.78 is 0. The maximum absolute atomic E-state index is 12.6. The number of anilines is 1. The Morgan fingerprint density at radius 1 is 1.05 bits per heavy atom. The lowest BCUT2D eigenvalue weighted by molar-refractivity contribution is 0.0914. The molecule has 0 radical (unpaired) electrons. The summed E-state index contributed by atoms with van der Waals surface area (Å²) in [5.74, 6) is 0.533. The first-order chi connectivity index (χ1) is 9.34. The SMILES string of the molecule is O=C1c2ccccc2N[C@@H]2C(=C3CCCC3)CC[C@H]12. The van der Waals surface area contributed by atoms with Crippen LogP contribution in [0.15, 0.2) is 35.4 Å². The van der Waals surface area contributed by atoms with E-state index < -0.39 is 0 Å². The number of hydrogen-bond acceptors (Lipinski definition) is 2. The third-order valence-corrected chi connectivity index (χ3v) is 5.00. The second-order valence-electron chi connectivity index (χ2n) is 6.01. The number of Topliss-reactive ketones (excluding diaryl/α,β-unsaturated/α-hetero) is 1. The first-order valence-electron chi connectivity index (χ1n) is 7.45. The highest BCUT2D eigenvalue weighted by Crippen LogP contribution is 2.44. The lowest BCUT2D eigenvalue weighted by atomic mass is 9.86. The van der Waals surface area contributed by atoms with Gasteiger partial charge < -0.3 is 5.32 Å². The zero-order chi connectivity index (χ0) is 12.8. The first kappa shape index (κ1) is 11.3. The Morgan fingerprint density at radius 3 is 2.68 bits per heavy atom. The molecule has 2 saturated carbocycles. The molecule has 3 aliphatic rings. The molecule has 2 heteroatoms. The predicted octanol–water partition coefficient (Wildman–Crippen LogP) is 3.94. The summed E-state index contributed by atoms with van der Waals surface area (Å²) >= 11 is 0. The van der Waals surface area contributed by atoms with Crippen molar-refractivity contribution in [1.82, 2.24) is 0 Å². The molecule has 19 heavy (non-hydrogen) atoms. The third-order valence-electron chi connectivity index (χ3n) is 5.00. The second-order valence-corrected chi connectivity index (χ2v) is 6.01. The topological polar surface area (TPSA) is 29.1 Å². The molecule has 2 aliphatic carbocycles. The zero-order valence-electron chi connectivity index (χ0n) is 11.1. The molecule has 4 rings (SSSR count). The number of benzene rings is 1. The highest BCUT2D eigenvalue weighted by atomic mass is 16.1. The number of carbonyl (C=O) groups is 1. The van der Waals surface area contributed by atoms with Gasteiger partial charge in [-0.2, -0.15) is 0 Å². The van der Waals surface area contributed by atoms with Crippen molar-refractivity contribution in [2.75, 3.05) is 5.32 Å². The molecular formula is C17H19NO. The van der Waals surface area contributed by atoms with Crippen molar-refractivity contribution in [3.8, 4) is 0 Å². The summed E-state index contributed by atoms with van der Waals surface area (Å²) in [4.78, 5) is 12.6. The van der Waals surface area contributed by atoms with Gasteiger partial charge in [-0.05, 0) is 56.2 Å². The predicted molar refractivity (Wildman–Crippen MR) is 76.4 cm³/mol. The Balaban J connectivity index is 1.76. The Kier molecular flexibility index (Phi) is 2.51. The van der Waals surface area contributed by atoms with Crippen LogP contribution in [0.2, 0.25) is 0 Å². The minimum Gasteiger partial charge on any atom is -0.377 e. The van der Waals surface area contributed by atoms with Crippen molar-refractivity contribution in [3.63, 3.8) is 0 Å². The van der Waals surface area contributed by atoms with E-state index in [9.17, 15) is 4.79 Å². The minimum atomic E-state index is 0.179. The van der Waals surface area contributed by atoms with E-state index in [1.54, 1.807) is 11.1 Å². The van der Waals surface area contributed by atoms with E-state index in [-0.39, 0.29) is 12.0 Å². The first-order valence-corrected chi connectivity index (χ1v) is 7.45. The highest BCUT2D eigenvalue weighted by Gasteiger charge is 2.42. The van der Waals surface area contributed by atoms with Crippen molar-refractivity contribution in [2.45, 2.75) is 44.6 Å². The van der Waals surface area contributed by atoms with Crippen LogP contribution in [-0.2, 0) is 0 Å². The largest absolute Gasteiger partial charge is 0.377 e. The number of carbonyl (C=O) groups excluding carboxylic acids is 1. The normalized spacial score (nSPS) is 29.2. The molecule has 1 aromatic carbocycles. The fourth-order valence-electron chi connectivity index (χ4n) is 4.06. The van der Waals surface area contributed by atoms with Gasteiger partial charge >= 0.3 is 0 Å². The van der Waals surface area contributed by atoms with Crippen LogP contribution in [0.3, 0.4) is 0 Å². The van der Waals surface area contributed by atoms with Crippen molar-refractivity contribution < 1.29 is 4.79 Å². The molecule has 0 bridgehead atoms. The maximum Gasteiger partial charge on any atom is 0.170 e. The summed E-state index contributed by atoms with van der Waals surface area (Å²) in [5.41, 5.74) is 5.13. The van der Waals surface area contributed by atoms with E-state index in [2.05, 4.69) is 5.32 Å². The quantitative estimate of drug-likeness (QED) is 0.709. The Hall–Kier alpha value is -1.57. The van der Waals surface area contributed by atoms with Gasteiger partial charge in [-0.3, -0.25) is 4.79 Å². The monoisotopic (exact) mass is 253 g/mol. The second kappa shape index (κ2) is 4.22. The van der Waals surface area contributed by atoms with Gasteiger partial charge in [-0.1, -0.05) is 17.7 Å². The van der Waals surface area contributed by atoms with Crippen LogP contribution in [0.4, 0.5) is 5.69 Å². The van der Waals surface area contributed by atoms with Gasteiger partial charge in [0.25, 0.3) is 0 Å². The molecule has 0 amide bonds. The van der Waals surface area contributed by atoms with Gasteiger partial charge in [0.05, 0.1) is 6.04 Å². The number of nitrogens with one attached hydrogen (secondary N) is 1. The molecular weight excluding hydrogens is 234 g/mol. The summed E-state index contributed by atoms with van der Waals surface area (Å²) in [6.45, 7) is 0. The van der Waals surface area contributed by atoms with E-state index >= 15 is 0 Å². The van der Waals surface area contributed by atoms with Gasteiger partial charge in [-0.25, -0.2) is 0 Å². The van der Waals surface area contributed by atoms with Crippen LogP contribution < -0.4 is 5.32 Å². The summed E-state index contributed by atoms with van der Waals surface area (Å²) in [7, 11) is 0. The average Bonchev–Trinajstić information content (AvgIpc) is 3.07. The molecule has 0 spiro atoms. The maximum atomic E-state index is 12.6. The standard InChI is InChI=1S/C17H19NO/c19-17-13-7-3-4-8-15(13)18-16-12(9-10-14(16)17)11-5-1-2-6-11/h3-4,7-8,14,16,18H,1-2,5-6,9-10H2/t14-,16+/m0/s1. The molecule has 0 aromatic heterocycles. The van der Waals surface area contributed by atoms with Gasteiger partial charge in [0.1, 0.15) is 0 Å². The summed E-state index contributed by atoms with van der Waals surface area (Å²) in [6, 6.07) is 8.26. The Morgan fingerprint density at radius 2 is 1.84 bits per heavy atom. The van der Waals surface area contributed by atoms with E-state index in [0.29, 0.717) is 5.78 Å². The molecule has 2 nitrogen and oxygen atoms in total. The molecule has 1 aromatic rings. The molecule has 0 saturated heterocycles. The van der Waals surface area contributed by atoms with Crippen LogP contribution in [-0.4, -0.2) is 11.8 Å². The van der Waals surface area contributed by atoms with E-state index in [4.69, 9.17) is 0 Å². The van der Waals surface area contributed by atoms with Gasteiger partial charge in [0, 0.05) is 17.2 Å². The zero-order valence-corrected chi connectivity index (χ0v) is 11.1. The number of allylic oxidation sites excluding steroid dienone is 1. The number of rotatable bonds is 0.